The molecule has 0 aromatic carbocycles. The Hall–Kier alpha value is -1.30. The molecule has 0 aliphatic rings. The highest BCUT2D eigenvalue weighted by Gasteiger charge is 2.31. The van der Waals surface area contributed by atoms with Gasteiger partial charge in [0.15, 0.2) is 0 Å². The van der Waals surface area contributed by atoms with Crippen LogP contribution in [0.4, 0.5) is 19.0 Å². The third-order valence-electron chi connectivity index (χ3n) is 2.88. The van der Waals surface area contributed by atoms with Crippen LogP contribution in [0.5, 0.6) is 0 Å². The van der Waals surface area contributed by atoms with Crippen LogP contribution in [0.3, 0.4) is 0 Å². The zero-order valence-corrected chi connectivity index (χ0v) is 12.9. The summed E-state index contributed by atoms with van der Waals surface area (Å²) in [6.07, 6.45) is -1.93. The number of anilines is 1. The smallest absolute Gasteiger partial charge is 0.348 e. The summed E-state index contributed by atoms with van der Waals surface area (Å²) in [6.45, 7) is 7.06. The molecule has 1 rings (SSSR count). The second-order valence-corrected chi connectivity index (χ2v) is 5.59. The van der Waals surface area contributed by atoms with Gasteiger partial charge in [0.25, 0.3) is 0 Å². The second kappa shape index (κ2) is 8.22. The van der Waals surface area contributed by atoms with Gasteiger partial charge in [0.2, 0.25) is 0 Å². The Labute approximate surface area is 124 Å². The SMILES string of the molecule is CCCN(CC(F)(F)F)c1ccc(CNCC(C)C)cn1. The normalized spacial score (nSPS) is 12.0. The third-order valence-corrected chi connectivity index (χ3v) is 2.88. The lowest BCUT2D eigenvalue weighted by Crippen LogP contribution is -2.35. The van der Waals surface area contributed by atoms with Crippen molar-refractivity contribution in [2.75, 3.05) is 24.5 Å². The standard InChI is InChI=1S/C15H24F3N3/c1-4-7-21(11-15(16,17)18)14-6-5-13(10-20-14)9-19-8-12(2)3/h5-6,10,12,19H,4,7-9,11H2,1-3H3. The summed E-state index contributed by atoms with van der Waals surface area (Å²) in [5.41, 5.74) is 0.975. The maximum Gasteiger partial charge on any atom is 0.405 e. The Balaban J connectivity index is 2.64. The second-order valence-electron chi connectivity index (χ2n) is 5.59. The topological polar surface area (TPSA) is 28.2 Å². The van der Waals surface area contributed by atoms with Gasteiger partial charge < -0.3 is 10.2 Å². The van der Waals surface area contributed by atoms with Gasteiger partial charge in [-0.3, -0.25) is 0 Å². The van der Waals surface area contributed by atoms with Crippen LogP contribution in [0.2, 0.25) is 0 Å². The van der Waals surface area contributed by atoms with Crippen molar-refractivity contribution in [3.8, 4) is 0 Å². The first-order valence-corrected chi connectivity index (χ1v) is 7.29. The summed E-state index contributed by atoms with van der Waals surface area (Å²) >= 11 is 0. The maximum atomic E-state index is 12.6. The highest BCUT2D eigenvalue weighted by atomic mass is 19.4. The van der Waals surface area contributed by atoms with Crippen molar-refractivity contribution in [3.63, 3.8) is 0 Å². The zero-order valence-electron chi connectivity index (χ0n) is 12.9. The van der Waals surface area contributed by atoms with Crippen molar-refractivity contribution in [2.24, 2.45) is 5.92 Å². The predicted octanol–water partition coefficient (Wildman–Crippen LogP) is 3.61. The van der Waals surface area contributed by atoms with E-state index in [0.717, 1.165) is 12.1 Å². The molecule has 0 saturated carbocycles. The van der Waals surface area contributed by atoms with Crippen molar-refractivity contribution in [1.29, 1.82) is 0 Å². The van der Waals surface area contributed by atoms with Gasteiger partial charge in [-0.1, -0.05) is 26.8 Å². The number of hydrogen-bond acceptors (Lipinski definition) is 3. The highest BCUT2D eigenvalue weighted by Crippen LogP contribution is 2.21. The van der Waals surface area contributed by atoms with E-state index in [1.165, 1.54) is 4.90 Å². The number of nitrogens with zero attached hydrogens (tertiary/aromatic N) is 2. The molecule has 0 unspecified atom stereocenters. The summed E-state index contributed by atoms with van der Waals surface area (Å²) < 4.78 is 37.7. The Bertz CT molecular complexity index is 402. The third kappa shape index (κ3) is 7.32. The monoisotopic (exact) mass is 303 g/mol. The van der Waals surface area contributed by atoms with Crippen molar-refractivity contribution in [2.45, 2.75) is 39.9 Å². The van der Waals surface area contributed by atoms with E-state index >= 15 is 0 Å². The highest BCUT2D eigenvalue weighted by molar-refractivity contribution is 5.39. The quantitative estimate of drug-likeness (QED) is 0.795. The number of nitrogens with one attached hydrogen (secondary N) is 1. The number of rotatable bonds is 8. The minimum absolute atomic E-state index is 0.345. The summed E-state index contributed by atoms with van der Waals surface area (Å²) in [4.78, 5) is 5.43. The minimum atomic E-state index is -4.21. The van der Waals surface area contributed by atoms with Crippen molar-refractivity contribution in [3.05, 3.63) is 23.9 Å². The summed E-state index contributed by atoms with van der Waals surface area (Å²) in [5, 5.41) is 3.28. The van der Waals surface area contributed by atoms with E-state index in [2.05, 4.69) is 24.1 Å². The fourth-order valence-electron chi connectivity index (χ4n) is 1.97. The van der Waals surface area contributed by atoms with Gasteiger partial charge in [0, 0.05) is 19.3 Å². The average molecular weight is 303 g/mol. The molecule has 120 valence electrons. The molecule has 0 saturated heterocycles. The van der Waals surface area contributed by atoms with Gasteiger partial charge in [-0.05, 0) is 30.5 Å². The van der Waals surface area contributed by atoms with Crippen LogP contribution < -0.4 is 10.2 Å². The molecule has 1 heterocycles. The van der Waals surface area contributed by atoms with Crippen LogP contribution in [-0.2, 0) is 6.54 Å². The molecule has 0 amide bonds. The van der Waals surface area contributed by atoms with E-state index in [1.54, 1.807) is 12.3 Å². The lowest BCUT2D eigenvalue weighted by molar-refractivity contribution is -0.119. The predicted molar refractivity (Wildman–Crippen MR) is 79.3 cm³/mol. The minimum Gasteiger partial charge on any atom is -0.348 e. The number of hydrogen-bond donors (Lipinski definition) is 1. The van der Waals surface area contributed by atoms with Gasteiger partial charge in [-0.2, -0.15) is 13.2 Å². The van der Waals surface area contributed by atoms with E-state index in [0.29, 0.717) is 31.2 Å². The van der Waals surface area contributed by atoms with Crippen molar-refractivity contribution in [1.82, 2.24) is 10.3 Å². The molecule has 0 atom stereocenters. The maximum absolute atomic E-state index is 12.6. The molecule has 1 N–H and O–H groups in total. The van der Waals surface area contributed by atoms with Crippen LogP contribution in [0.15, 0.2) is 18.3 Å². The number of halogens is 3. The summed E-state index contributed by atoms with van der Waals surface area (Å²) in [5.74, 6) is 0.936. The van der Waals surface area contributed by atoms with Crippen LogP contribution in [0.1, 0.15) is 32.8 Å². The number of pyridine rings is 1. The molecule has 0 aliphatic carbocycles. The van der Waals surface area contributed by atoms with Gasteiger partial charge in [-0.25, -0.2) is 4.98 Å². The van der Waals surface area contributed by atoms with Gasteiger partial charge in [0.1, 0.15) is 12.4 Å². The van der Waals surface area contributed by atoms with Crippen LogP contribution >= 0.6 is 0 Å². The van der Waals surface area contributed by atoms with Crippen LogP contribution in [0, 0.1) is 5.92 Å². The molecule has 0 bridgehead atoms. The average Bonchev–Trinajstić information content (AvgIpc) is 2.37. The zero-order chi connectivity index (χ0) is 15.9. The Morgan fingerprint density at radius 3 is 2.48 bits per heavy atom. The summed E-state index contributed by atoms with van der Waals surface area (Å²) in [7, 11) is 0. The largest absolute Gasteiger partial charge is 0.405 e. The lowest BCUT2D eigenvalue weighted by Gasteiger charge is -2.24. The molecular weight excluding hydrogens is 279 g/mol. The molecule has 0 radical (unpaired) electrons. The van der Waals surface area contributed by atoms with Gasteiger partial charge >= 0.3 is 6.18 Å². The van der Waals surface area contributed by atoms with Crippen molar-refractivity contribution < 1.29 is 13.2 Å². The molecule has 0 aliphatic heterocycles. The fraction of sp³-hybridized carbons (Fsp3) is 0.667. The molecule has 1 aromatic rings. The van der Waals surface area contributed by atoms with E-state index in [-0.39, 0.29) is 0 Å². The molecule has 3 nitrogen and oxygen atoms in total. The van der Waals surface area contributed by atoms with Crippen LogP contribution in [0.25, 0.3) is 0 Å². The molecular formula is C15H24F3N3. The Morgan fingerprint density at radius 1 is 1.29 bits per heavy atom. The van der Waals surface area contributed by atoms with Gasteiger partial charge in [0.05, 0.1) is 0 Å². The number of aromatic nitrogens is 1. The summed E-state index contributed by atoms with van der Waals surface area (Å²) in [6, 6.07) is 3.49. The molecule has 0 fully saturated rings. The van der Waals surface area contributed by atoms with E-state index in [4.69, 9.17) is 0 Å². The van der Waals surface area contributed by atoms with Crippen LogP contribution in [-0.4, -0.2) is 30.8 Å². The lowest BCUT2D eigenvalue weighted by atomic mass is 10.2. The fourth-order valence-corrected chi connectivity index (χ4v) is 1.97. The molecule has 6 heteroatoms. The number of alkyl halides is 3. The van der Waals surface area contributed by atoms with Gasteiger partial charge in [-0.15, -0.1) is 0 Å². The molecule has 21 heavy (non-hydrogen) atoms. The first-order chi connectivity index (χ1) is 9.81. The van der Waals surface area contributed by atoms with E-state index < -0.39 is 12.7 Å². The molecule has 0 spiro atoms. The Morgan fingerprint density at radius 2 is 2.00 bits per heavy atom. The Kier molecular flexibility index (Phi) is 6.95. The first-order valence-electron chi connectivity index (χ1n) is 7.29. The van der Waals surface area contributed by atoms with E-state index in [9.17, 15) is 13.2 Å². The molecule has 1 aromatic heterocycles. The first kappa shape index (κ1) is 17.8. The van der Waals surface area contributed by atoms with Crippen molar-refractivity contribution >= 4 is 5.82 Å². The van der Waals surface area contributed by atoms with E-state index in [1.807, 2.05) is 13.0 Å².